The molecule has 0 aliphatic heterocycles. The van der Waals surface area contributed by atoms with E-state index in [4.69, 9.17) is 12.2 Å². The van der Waals surface area contributed by atoms with Crippen LogP contribution in [0.25, 0.3) is 10.2 Å². The van der Waals surface area contributed by atoms with Gasteiger partial charge in [-0.15, -0.1) is 24.0 Å². The van der Waals surface area contributed by atoms with Crippen LogP contribution in [0.2, 0.25) is 0 Å². The molecule has 1 N–H and O–H groups in total. The molecule has 3 nitrogen and oxygen atoms in total. The number of hydrogen-bond donors (Lipinski definition) is 2. The zero-order valence-electron chi connectivity index (χ0n) is 6.39. The van der Waals surface area contributed by atoms with Crippen LogP contribution in [0, 0.1) is 0 Å². The van der Waals surface area contributed by atoms with Crippen LogP contribution in [0.1, 0.15) is 0 Å². The monoisotopic (exact) mass is 227 g/mol. The summed E-state index contributed by atoms with van der Waals surface area (Å²) in [4.78, 5) is 8.17. The minimum atomic E-state index is 0.411. The fourth-order valence-electron chi connectivity index (χ4n) is 0.979. The van der Waals surface area contributed by atoms with Gasteiger partial charge in [0.1, 0.15) is 10.6 Å². The van der Waals surface area contributed by atoms with Crippen molar-refractivity contribution < 1.29 is 0 Å². The highest BCUT2D eigenvalue weighted by Crippen LogP contribution is 2.24. The number of anilines is 1. The van der Waals surface area contributed by atoms with Crippen molar-refractivity contribution >= 4 is 56.5 Å². The molecule has 0 saturated carbocycles. The third kappa shape index (κ3) is 1.79. The van der Waals surface area contributed by atoms with Crippen molar-refractivity contribution in [3.8, 4) is 0 Å². The maximum Gasteiger partial charge on any atom is 0.152 e. The predicted octanol–water partition coefficient (Wildman–Crippen LogP) is 2.32. The number of nitrogens with zero attached hydrogens (tertiary/aromatic N) is 2. The lowest BCUT2D eigenvalue weighted by Gasteiger charge is -2.01. The number of rotatable bonds is 1. The zero-order chi connectivity index (χ0) is 9.26. The van der Waals surface area contributed by atoms with Crippen LogP contribution >= 0.6 is 36.2 Å². The normalized spacial score (nSPS) is 10.2. The molecule has 66 valence electrons. The molecular weight excluding hydrogens is 222 g/mol. The number of aromatic nitrogens is 2. The Balaban J connectivity index is 2.54. The van der Waals surface area contributed by atoms with E-state index >= 15 is 0 Å². The molecule has 2 rings (SSSR count). The van der Waals surface area contributed by atoms with E-state index in [1.165, 1.54) is 6.33 Å². The molecule has 0 aromatic carbocycles. The summed E-state index contributed by atoms with van der Waals surface area (Å²) in [5.41, 5.74) is 0.923. The molecule has 6 heteroatoms. The van der Waals surface area contributed by atoms with E-state index in [1.54, 1.807) is 11.3 Å². The molecule has 2 aromatic heterocycles. The van der Waals surface area contributed by atoms with E-state index in [2.05, 4.69) is 27.9 Å². The lowest BCUT2D eigenvalue weighted by molar-refractivity contribution is 1.23. The smallest absolute Gasteiger partial charge is 0.152 e. The Morgan fingerprint density at radius 1 is 1.54 bits per heavy atom. The largest absolute Gasteiger partial charge is 0.325 e. The first-order valence-electron chi connectivity index (χ1n) is 3.45. The van der Waals surface area contributed by atoms with Crippen LogP contribution in [0.5, 0.6) is 0 Å². The van der Waals surface area contributed by atoms with Gasteiger partial charge in [-0.25, -0.2) is 9.97 Å². The number of fused-ring (bicyclic) bond motifs is 1. The summed E-state index contributed by atoms with van der Waals surface area (Å²) < 4.78 is 1.41. The summed E-state index contributed by atoms with van der Waals surface area (Å²) in [6.07, 6.45) is 1.50. The van der Waals surface area contributed by atoms with E-state index in [9.17, 15) is 0 Å². The summed E-state index contributed by atoms with van der Waals surface area (Å²) in [6, 6.07) is 1.94. The quantitative estimate of drug-likeness (QED) is 0.579. The Labute approximate surface area is 89.6 Å². The molecule has 13 heavy (non-hydrogen) atoms. The number of nitrogens with one attached hydrogen (secondary N) is 1. The van der Waals surface area contributed by atoms with Gasteiger partial charge in [-0.1, -0.05) is 12.2 Å². The number of thiol groups is 1. The van der Waals surface area contributed by atoms with Crippen LogP contribution in [0.15, 0.2) is 17.8 Å². The van der Waals surface area contributed by atoms with E-state index in [-0.39, 0.29) is 0 Å². The second-order valence-corrected chi connectivity index (χ2v) is 4.36. The van der Waals surface area contributed by atoms with Gasteiger partial charge in [0, 0.05) is 0 Å². The van der Waals surface area contributed by atoms with Gasteiger partial charge in [-0.3, -0.25) is 0 Å². The maximum absolute atomic E-state index is 4.81. The van der Waals surface area contributed by atoms with Crippen molar-refractivity contribution in [3.05, 3.63) is 17.8 Å². The van der Waals surface area contributed by atoms with Crippen molar-refractivity contribution in [2.24, 2.45) is 0 Å². The predicted molar refractivity (Wildman–Crippen MR) is 62.6 cm³/mol. The first kappa shape index (κ1) is 8.86. The molecule has 0 radical (unpaired) electrons. The molecule has 0 atom stereocenters. The molecular formula is C7H5N3S3. The first-order valence-corrected chi connectivity index (χ1v) is 5.19. The van der Waals surface area contributed by atoms with Gasteiger partial charge >= 0.3 is 0 Å². The molecule has 2 heterocycles. The van der Waals surface area contributed by atoms with Crippen molar-refractivity contribution in [2.45, 2.75) is 0 Å². The number of hydrogen-bond acceptors (Lipinski definition) is 4. The Morgan fingerprint density at radius 3 is 3.15 bits per heavy atom. The third-order valence-electron chi connectivity index (χ3n) is 1.47. The van der Waals surface area contributed by atoms with Gasteiger partial charge in [-0.05, 0) is 11.4 Å². The highest BCUT2D eigenvalue weighted by molar-refractivity contribution is 8.11. The summed E-state index contributed by atoms with van der Waals surface area (Å²) in [5, 5.41) is 4.85. The highest BCUT2D eigenvalue weighted by Gasteiger charge is 2.04. The van der Waals surface area contributed by atoms with Crippen molar-refractivity contribution in [1.29, 1.82) is 0 Å². The number of thiophene rings is 1. The molecule has 0 aliphatic carbocycles. The SMILES string of the molecule is S=C(S)Nc1ncnc2ccsc12. The van der Waals surface area contributed by atoms with Crippen LogP contribution in [0.3, 0.4) is 0 Å². The summed E-state index contributed by atoms with van der Waals surface area (Å²) >= 11 is 10.4. The second-order valence-electron chi connectivity index (χ2n) is 2.29. The fraction of sp³-hybridized carbons (Fsp3) is 0. The zero-order valence-corrected chi connectivity index (χ0v) is 8.92. The van der Waals surface area contributed by atoms with Crippen LogP contribution in [-0.4, -0.2) is 14.3 Å². The van der Waals surface area contributed by atoms with Crippen molar-refractivity contribution in [2.75, 3.05) is 5.32 Å². The average Bonchev–Trinajstić information content (AvgIpc) is 2.51. The second kappa shape index (κ2) is 3.57. The molecule has 0 unspecified atom stereocenters. The van der Waals surface area contributed by atoms with E-state index < -0.39 is 0 Å². The summed E-state index contributed by atoms with van der Waals surface area (Å²) in [7, 11) is 0. The van der Waals surface area contributed by atoms with Gasteiger partial charge in [-0.2, -0.15) is 0 Å². The average molecular weight is 227 g/mol. The van der Waals surface area contributed by atoms with E-state index in [0.29, 0.717) is 4.32 Å². The first-order chi connectivity index (χ1) is 6.27. The van der Waals surface area contributed by atoms with Crippen LogP contribution in [-0.2, 0) is 0 Å². The number of thiocarbonyl (C=S) groups is 1. The Hall–Kier alpha value is -0.720. The Kier molecular flexibility index (Phi) is 2.43. The molecule has 0 bridgehead atoms. The van der Waals surface area contributed by atoms with Crippen LogP contribution in [0.4, 0.5) is 5.82 Å². The molecule has 0 aliphatic rings. The van der Waals surface area contributed by atoms with Crippen molar-refractivity contribution in [3.63, 3.8) is 0 Å². The minimum Gasteiger partial charge on any atom is -0.325 e. The van der Waals surface area contributed by atoms with E-state index in [1.807, 2.05) is 11.4 Å². The summed E-state index contributed by atoms with van der Waals surface area (Å²) in [6.45, 7) is 0. The highest BCUT2D eigenvalue weighted by atomic mass is 32.1. The van der Waals surface area contributed by atoms with E-state index in [0.717, 1.165) is 16.0 Å². The Bertz CT molecular complexity index is 451. The molecule has 2 aromatic rings. The molecule has 0 spiro atoms. The van der Waals surface area contributed by atoms with Crippen LogP contribution < -0.4 is 5.32 Å². The lowest BCUT2D eigenvalue weighted by atomic mass is 10.4. The maximum atomic E-state index is 4.81. The van der Waals surface area contributed by atoms with Gasteiger partial charge in [0.05, 0.1) is 10.2 Å². The van der Waals surface area contributed by atoms with Gasteiger partial charge < -0.3 is 5.32 Å². The lowest BCUT2D eigenvalue weighted by Crippen LogP contribution is -2.02. The molecule has 0 saturated heterocycles. The third-order valence-corrected chi connectivity index (χ3v) is 2.59. The van der Waals surface area contributed by atoms with Gasteiger partial charge in [0.2, 0.25) is 0 Å². The fourth-order valence-corrected chi connectivity index (χ4v) is 1.97. The standard InChI is InChI=1S/C7H5N3S3/c11-7(12)10-6-5-4(1-2-13-5)8-3-9-6/h1-3H,(H2,8,9,10,11,12). The van der Waals surface area contributed by atoms with Gasteiger partial charge in [0.25, 0.3) is 0 Å². The molecule has 0 fully saturated rings. The molecule has 0 amide bonds. The summed E-state index contributed by atoms with van der Waals surface area (Å²) in [5.74, 6) is 0.722. The van der Waals surface area contributed by atoms with Crippen molar-refractivity contribution in [1.82, 2.24) is 9.97 Å². The topological polar surface area (TPSA) is 37.8 Å². The van der Waals surface area contributed by atoms with Gasteiger partial charge in [0.15, 0.2) is 5.82 Å². The Morgan fingerprint density at radius 2 is 2.38 bits per heavy atom. The minimum absolute atomic E-state index is 0.411.